The summed E-state index contributed by atoms with van der Waals surface area (Å²) < 4.78 is 5.23. The molecule has 0 N–H and O–H groups in total. The normalized spacial score (nSPS) is 10.8. The second kappa shape index (κ2) is 7.96. The second-order valence-corrected chi connectivity index (χ2v) is 6.04. The number of hydrogen-bond acceptors (Lipinski definition) is 4. The molecule has 4 heteroatoms. The molecule has 112 valence electrons. The summed E-state index contributed by atoms with van der Waals surface area (Å²) in [4.78, 5) is 15.0. The lowest BCUT2D eigenvalue weighted by molar-refractivity contribution is 0.0980. The Morgan fingerprint density at radius 3 is 2.86 bits per heavy atom. The van der Waals surface area contributed by atoms with E-state index < -0.39 is 0 Å². The molecule has 0 aliphatic heterocycles. The Bertz CT molecular complexity index is 566. The Kier molecular flexibility index (Phi) is 5.96. The summed E-state index contributed by atoms with van der Waals surface area (Å²) in [6, 6.07) is 11.9. The van der Waals surface area contributed by atoms with E-state index >= 15 is 0 Å². The highest BCUT2D eigenvalue weighted by molar-refractivity contribution is 7.12. The van der Waals surface area contributed by atoms with Gasteiger partial charge in [0.25, 0.3) is 0 Å². The molecule has 0 unspecified atom stereocenters. The van der Waals surface area contributed by atoms with Crippen molar-refractivity contribution in [2.24, 2.45) is 0 Å². The van der Waals surface area contributed by atoms with Crippen molar-refractivity contribution >= 4 is 17.1 Å². The highest BCUT2D eigenvalue weighted by Gasteiger charge is 2.07. The number of benzene rings is 1. The monoisotopic (exact) mass is 303 g/mol. The topological polar surface area (TPSA) is 29.5 Å². The Balaban J connectivity index is 1.74. The molecule has 0 atom stereocenters. The third kappa shape index (κ3) is 4.99. The molecule has 0 aliphatic carbocycles. The van der Waals surface area contributed by atoms with Gasteiger partial charge in [-0.1, -0.05) is 18.2 Å². The number of Topliss-reactive ketones (excluding diaryl/α,β-unsaturated/α-hetero) is 1. The Morgan fingerprint density at radius 2 is 2.14 bits per heavy atom. The van der Waals surface area contributed by atoms with Crippen molar-refractivity contribution in [1.82, 2.24) is 4.90 Å². The van der Waals surface area contributed by atoms with Crippen LogP contribution in [-0.2, 0) is 6.54 Å². The maximum atomic E-state index is 11.9. The molecule has 0 fully saturated rings. The fraction of sp³-hybridized carbons (Fsp3) is 0.353. The number of carbonyl (C=O) groups is 1. The highest BCUT2D eigenvalue weighted by Crippen LogP contribution is 2.15. The summed E-state index contributed by atoms with van der Waals surface area (Å²) in [5.74, 6) is 1.13. The van der Waals surface area contributed by atoms with Crippen LogP contribution in [0.3, 0.4) is 0 Å². The lowest BCUT2D eigenvalue weighted by Crippen LogP contribution is -2.19. The lowest BCUT2D eigenvalue weighted by atomic mass is 10.1. The molecule has 0 bridgehead atoms. The second-order valence-electron chi connectivity index (χ2n) is 5.09. The molecule has 2 aromatic rings. The van der Waals surface area contributed by atoms with E-state index in [0.717, 1.165) is 30.1 Å². The molecule has 3 nitrogen and oxygen atoms in total. The van der Waals surface area contributed by atoms with Crippen LogP contribution in [-0.4, -0.2) is 31.4 Å². The molecule has 0 aliphatic rings. The van der Waals surface area contributed by atoms with E-state index in [4.69, 9.17) is 4.74 Å². The zero-order chi connectivity index (χ0) is 15.1. The van der Waals surface area contributed by atoms with Gasteiger partial charge in [0.15, 0.2) is 5.78 Å². The van der Waals surface area contributed by atoms with Gasteiger partial charge in [-0.05, 0) is 49.2 Å². The number of ketones is 1. The zero-order valence-electron chi connectivity index (χ0n) is 12.5. The van der Waals surface area contributed by atoms with Gasteiger partial charge >= 0.3 is 0 Å². The number of ether oxygens (including phenoxy) is 1. The molecular weight excluding hydrogens is 282 g/mol. The fourth-order valence-electron chi connectivity index (χ4n) is 2.23. The van der Waals surface area contributed by atoms with Gasteiger partial charge in [0.05, 0.1) is 12.0 Å². The minimum atomic E-state index is 0.250. The first-order chi connectivity index (χ1) is 10.2. The molecule has 1 aromatic heterocycles. The SMILES string of the molecule is COc1cccc(CN(C)CCCC(=O)c2cccs2)c1. The standard InChI is InChI=1S/C17H21NO2S/c1-18(13-14-6-3-7-15(12-14)20-2)10-4-8-16(19)17-9-5-11-21-17/h3,5-7,9,11-12H,4,8,10,13H2,1-2H3. The molecule has 21 heavy (non-hydrogen) atoms. The number of nitrogens with zero attached hydrogens (tertiary/aromatic N) is 1. The van der Waals surface area contributed by atoms with Crippen molar-refractivity contribution in [2.45, 2.75) is 19.4 Å². The molecule has 0 spiro atoms. The molecule has 0 saturated carbocycles. The smallest absolute Gasteiger partial charge is 0.172 e. The fourth-order valence-corrected chi connectivity index (χ4v) is 2.93. The summed E-state index contributed by atoms with van der Waals surface area (Å²) in [5, 5.41) is 1.95. The van der Waals surface area contributed by atoms with Gasteiger partial charge in [-0.25, -0.2) is 0 Å². The van der Waals surface area contributed by atoms with Crippen LogP contribution in [0, 0.1) is 0 Å². The van der Waals surface area contributed by atoms with E-state index in [-0.39, 0.29) is 5.78 Å². The van der Waals surface area contributed by atoms with Crippen LogP contribution < -0.4 is 4.74 Å². The summed E-state index contributed by atoms with van der Waals surface area (Å²) in [6.07, 6.45) is 1.50. The van der Waals surface area contributed by atoms with Gasteiger partial charge < -0.3 is 9.64 Å². The van der Waals surface area contributed by atoms with Gasteiger partial charge in [-0.2, -0.15) is 0 Å². The minimum absolute atomic E-state index is 0.250. The third-order valence-corrected chi connectivity index (χ3v) is 4.24. The van der Waals surface area contributed by atoms with Crippen LogP contribution >= 0.6 is 11.3 Å². The van der Waals surface area contributed by atoms with E-state index in [2.05, 4.69) is 18.0 Å². The van der Waals surface area contributed by atoms with Crippen molar-refractivity contribution in [2.75, 3.05) is 20.7 Å². The predicted octanol–water partition coefficient (Wildman–Crippen LogP) is 3.85. The minimum Gasteiger partial charge on any atom is -0.497 e. The maximum Gasteiger partial charge on any atom is 0.172 e. The Morgan fingerprint density at radius 1 is 1.29 bits per heavy atom. The molecule has 1 heterocycles. The van der Waals surface area contributed by atoms with Crippen LogP contribution in [0.15, 0.2) is 41.8 Å². The van der Waals surface area contributed by atoms with Gasteiger partial charge in [0.2, 0.25) is 0 Å². The van der Waals surface area contributed by atoms with E-state index in [1.807, 2.05) is 35.7 Å². The number of thiophene rings is 1. The molecule has 1 aromatic carbocycles. The zero-order valence-corrected chi connectivity index (χ0v) is 13.4. The summed E-state index contributed by atoms with van der Waals surface area (Å²) in [5.41, 5.74) is 1.22. The molecule has 0 radical (unpaired) electrons. The van der Waals surface area contributed by atoms with Crippen LogP contribution in [0.25, 0.3) is 0 Å². The van der Waals surface area contributed by atoms with Gasteiger partial charge in [-0.15, -0.1) is 11.3 Å². The average molecular weight is 303 g/mol. The van der Waals surface area contributed by atoms with Gasteiger partial charge in [-0.3, -0.25) is 4.79 Å². The molecule has 0 amide bonds. The van der Waals surface area contributed by atoms with E-state index in [1.165, 1.54) is 16.9 Å². The van der Waals surface area contributed by atoms with Crippen molar-refractivity contribution in [3.05, 3.63) is 52.2 Å². The van der Waals surface area contributed by atoms with Crippen molar-refractivity contribution < 1.29 is 9.53 Å². The van der Waals surface area contributed by atoms with E-state index in [1.54, 1.807) is 7.11 Å². The molecule has 0 saturated heterocycles. The Hall–Kier alpha value is -1.65. The highest BCUT2D eigenvalue weighted by atomic mass is 32.1. The summed E-state index contributed by atoms with van der Waals surface area (Å²) >= 11 is 1.52. The largest absolute Gasteiger partial charge is 0.497 e. The van der Waals surface area contributed by atoms with Gasteiger partial charge in [0.1, 0.15) is 5.75 Å². The van der Waals surface area contributed by atoms with Crippen LogP contribution in [0.2, 0.25) is 0 Å². The first-order valence-electron chi connectivity index (χ1n) is 7.07. The van der Waals surface area contributed by atoms with Crippen molar-refractivity contribution in [1.29, 1.82) is 0 Å². The number of carbonyl (C=O) groups excluding carboxylic acids is 1. The van der Waals surface area contributed by atoms with E-state index in [0.29, 0.717) is 6.42 Å². The quantitative estimate of drug-likeness (QED) is 0.694. The third-order valence-electron chi connectivity index (χ3n) is 3.33. The first-order valence-corrected chi connectivity index (χ1v) is 7.95. The summed E-state index contributed by atoms with van der Waals surface area (Å²) in [7, 11) is 3.76. The molecule has 2 rings (SSSR count). The number of hydrogen-bond donors (Lipinski definition) is 0. The van der Waals surface area contributed by atoms with Crippen LogP contribution in [0.1, 0.15) is 28.1 Å². The van der Waals surface area contributed by atoms with Crippen molar-refractivity contribution in [3.63, 3.8) is 0 Å². The van der Waals surface area contributed by atoms with Crippen LogP contribution in [0.5, 0.6) is 5.75 Å². The number of methoxy groups -OCH3 is 1. The predicted molar refractivity (Wildman–Crippen MR) is 87.2 cm³/mol. The van der Waals surface area contributed by atoms with Crippen LogP contribution in [0.4, 0.5) is 0 Å². The average Bonchev–Trinajstić information content (AvgIpc) is 3.01. The lowest BCUT2D eigenvalue weighted by Gasteiger charge is -2.16. The maximum absolute atomic E-state index is 11.9. The van der Waals surface area contributed by atoms with Crippen molar-refractivity contribution in [3.8, 4) is 5.75 Å². The first kappa shape index (κ1) is 15.7. The van der Waals surface area contributed by atoms with E-state index in [9.17, 15) is 4.79 Å². The summed E-state index contributed by atoms with van der Waals surface area (Å²) in [6.45, 7) is 1.78. The number of rotatable bonds is 8. The molecular formula is C17H21NO2S. The van der Waals surface area contributed by atoms with Gasteiger partial charge in [0, 0.05) is 13.0 Å². The Labute approximate surface area is 130 Å².